The Kier molecular flexibility index (Phi) is 4.26. The molecule has 0 unspecified atom stereocenters. The van der Waals surface area contributed by atoms with Gasteiger partial charge in [-0.05, 0) is 67.8 Å². The third-order valence-corrected chi connectivity index (χ3v) is 7.38. The average molecular weight is 393 g/mol. The summed E-state index contributed by atoms with van der Waals surface area (Å²) in [7, 11) is 0. The number of amides is 3. The number of carbonyl (C=O) groups is 3. The molecule has 0 atom stereocenters. The van der Waals surface area contributed by atoms with E-state index in [2.05, 4.69) is 17.4 Å². The van der Waals surface area contributed by atoms with Crippen molar-refractivity contribution in [1.82, 2.24) is 15.8 Å². The first-order chi connectivity index (χ1) is 13.9. The Labute approximate surface area is 170 Å². The van der Waals surface area contributed by atoms with E-state index in [1.807, 2.05) is 12.1 Å². The van der Waals surface area contributed by atoms with Crippen LogP contribution in [0.3, 0.4) is 0 Å². The Balaban J connectivity index is 1.14. The van der Waals surface area contributed by atoms with Gasteiger partial charge in [-0.1, -0.05) is 24.8 Å². The molecule has 4 fully saturated rings. The van der Waals surface area contributed by atoms with Crippen molar-refractivity contribution >= 4 is 23.4 Å². The maximum atomic E-state index is 12.6. The zero-order valence-corrected chi connectivity index (χ0v) is 16.6. The van der Waals surface area contributed by atoms with Crippen LogP contribution in [0.1, 0.15) is 60.9 Å². The van der Waals surface area contributed by atoms with Crippen molar-refractivity contribution in [3.8, 4) is 0 Å². The molecule has 29 heavy (non-hydrogen) atoms. The summed E-state index contributed by atoms with van der Waals surface area (Å²) in [6.07, 6.45) is 7.97. The lowest BCUT2D eigenvalue weighted by Crippen LogP contribution is -2.51. The van der Waals surface area contributed by atoms with Gasteiger partial charge in [0.1, 0.15) is 6.54 Å². The number of fused-ring (bicyclic) bond motifs is 1. The second kappa shape index (κ2) is 6.71. The lowest BCUT2D eigenvalue weighted by Gasteiger charge is -2.56. The minimum Gasteiger partial charge on any atom is -0.299 e. The fraction of sp³-hybridized carbons (Fsp3) is 0.522. The quantitative estimate of drug-likeness (QED) is 0.772. The van der Waals surface area contributed by atoms with Crippen molar-refractivity contribution < 1.29 is 14.4 Å². The van der Waals surface area contributed by atoms with Crippen LogP contribution in [-0.2, 0) is 9.59 Å². The molecule has 0 aromatic heterocycles. The Morgan fingerprint density at radius 3 is 2.10 bits per heavy atom. The number of carbonyl (C=O) groups excluding carboxylic acids is 3. The molecule has 4 saturated carbocycles. The number of nitrogens with zero attached hydrogens (tertiary/aromatic N) is 1. The molecule has 6 rings (SSSR count). The van der Waals surface area contributed by atoms with E-state index >= 15 is 0 Å². The van der Waals surface area contributed by atoms with E-state index in [1.54, 1.807) is 12.1 Å². The lowest BCUT2D eigenvalue weighted by atomic mass is 9.49. The van der Waals surface area contributed by atoms with E-state index in [0.717, 1.165) is 42.6 Å². The molecule has 4 bridgehead atoms. The van der Waals surface area contributed by atoms with Crippen molar-refractivity contribution in [2.24, 2.45) is 23.2 Å². The normalized spacial score (nSPS) is 31.7. The SMILES string of the molecule is C=C1c2ccccc2C(=O)N1CC(=O)NNC(=O)CC12CC3CC(CC(C3)C1)C2. The molecule has 1 aromatic rings. The van der Waals surface area contributed by atoms with Gasteiger partial charge >= 0.3 is 0 Å². The van der Waals surface area contributed by atoms with Crippen molar-refractivity contribution in [3.63, 3.8) is 0 Å². The van der Waals surface area contributed by atoms with Gasteiger partial charge in [-0.15, -0.1) is 0 Å². The Morgan fingerprint density at radius 1 is 0.966 bits per heavy atom. The van der Waals surface area contributed by atoms with Crippen LogP contribution < -0.4 is 10.9 Å². The summed E-state index contributed by atoms with van der Waals surface area (Å²) in [6, 6.07) is 7.18. The highest BCUT2D eigenvalue weighted by atomic mass is 16.2. The predicted molar refractivity (Wildman–Crippen MR) is 108 cm³/mol. The second-order valence-electron chi connectivity index (χ2n) is 9.57. The average Bonchev–Trinajstić information content (AvgIpc) is 2.90. The van der Waals surface area contributed by atoms with Crippen LogP contribution in [0, 0.1) is 23.2 Å². The first-order valence-electron chi connectivity index (χ1n) is 10.6. The summed E-state index contributed by atoms with van der Waals surface area (Å²) in [5.74, 6) is 1.58. The molecule has 1 aromatic carbocycles. The summed E-state index contributed by atoms with van der Waals surface area (Å²) in [5.41, 5.74) is 7.00. The summed E-state index contributed by atoms with van der Waals surface area (Å²) in [5, 5.41) is 0. The highest BCUT2D eigenvalue weighted by molar-refractivity contribution is 6.10. The molecular weight excluding hydrogens is 366 g/mol. The fourth-order valence-electron chi connectivity index (χ4n) is 6.72. The van der Waals surface area contributed by atoms with E-state index < -0.39 is 5.91 Å². The Hall–Kier alpha value is -2.63. The van der Waals surface area contributed by atoms with Gasteiger partial charge in [0.2, 0.25) is 5.91 Å². The highest BCUT2D eigenvalue weighted by Gasteiger charge is 2.51. The van der Waals surface area contributed by atoms with Gasteiger partial charge in [-0.25, -0.2) is 0 Å². The zero-order valence-electron chi connectivity index (χ0n) is 16.6. The summed E-state index contributed by atoms with van der Waals surface area (Å²) in [4.78, 5) is 38.7. The van der Waals surface area contributed by atoms with Crippen molar-refractivity contribution in [2.45, 2.75) is 44.9 Å². The van der Waals surface area contributed by atoms with E-state index in [4.69, 9.17) is 0 Å². The summed E-state index contributed by atoms with van der Waals surface area (Å²) < 4.78 is 0. The molecule has 4 aliphatic carbocycles. The van der Waals surface area contributed by atoms with Crippen LogP contribution in [0.15, 0.2) is 30.8 Å². The largest absolute Gasteiger partial charge is 0.299 e. The molecule has 0 spiro atoms. The van der Waals surface area contributed by atoms with Crippen LogP contribution in [-0.4, -0.2) is 29.2 Å². The van der Waals surface area contributed by atoms with Crippen LogP contribution in [0.2, 0.25) is 0 Å². The topological polar surface area (TPSA) is 78.5 Å². The molecule has 0 saturated heterocycles. The van der Waals surface area contributed by atoms with Gasteiger partial charge in [0.05, 0.1) is 0 Å². The molecule has 2 N–H and O–H groups in total. The lowest BCUT2D eigenvalue weighted by molar-refractivity contribution is -0.134. The number of benzene rings is 1. The molecule has 152 valence electrons. The van der Waals surface area contributed by atoms with Crippen molar-refractivity contribution in [3.05, 3.63) is 42.0 Å². The first kappa shape index (κ1) is 18.4. The van der Waals surface area contributed by atoms with E-state index in [-0.39, 0.29) is 23.8 Å². The van der Waals surface area contributed by atoms with Crippen LogP contribution in [0.4, 0.5) is 0 Å². The van der Waals surface area contributed by atoms with Crippen LogP contribution in [0.25, 0.3) is 5.70 Å². The molecule has 6 heteroatoms. The molecule has 3 amide bonds. The molecule has 1 heterocycles. The summed E-state index contributed by atoms with van der Waals surface area (Å²) in [6.45, 7) is 3.77. The number of hydrogen-bond acceptors (Lipinski definition) is 3. The number of nitrogens with one attached hydrogen (secondary N) is 2. The molecule has 0 radical (unpaired) electrons. The van der Waals surface area contributed by atoms with Gasteiger partial charge < -0.3 is 0 Å². The van der Waals surface area contributed by atoms with Crippen LogP contribution >= 0.6 is 0 Å². The molecule has 6 nitrogen and oxygen atoms in total. The van der Waals surface area contributed by atoms with E-state index in [0.29, 0.717) is 17.7 Å². The minimum absolute atomic E-state index is 0.129. The maximum absolute atomic E-state index is 12.6. The Bertz CT molecular complexity index is 836. The molecule has 1 aliphatic heterocycles. The number of hydrazine groups is 1. The summed E-state index contributed by atoms with van der Waals surface area (Å²) >= 11 is 0. The fourth-order valence-corrected chi connectivity index (χ4v) is 6.72. The standard InChI is InChI=1S/C23H27N3O3/c1-14-18-4-2-3-5-19(18)22(29)26(14)13-21(28)25-24-20(27)12-23-9-15-6-16(10-23)8-17(7-15)11-23/h2-5,15-17H,1,6-13H2,(H,24,27)(H,25,28). The highest BCUT2D eigenvalue weighted by Crippen LogP contribution is 2.61. The van der Waals surface area contributed by atoms with E-state index in [9.17, 15) is 14.4 Å². The Morgan fingerprint density at radius 2 is 1.52 bits per heavy atom. The van der Waals surface area contributed by atoms with Gasteiger partial charge in [0, 0.05) is 23.2 Å². The minimum atomic E-state index is -0.425. The number of rotatable bonds is 4. The van der Waals surface area contributed by atoms with Gasteiger partial charge in [0.25, 0.3) is 11.8 Å². The third kappa shape index (κ3) is 3.24. The molecular formula is C23H27N3O3. The monoisotopic (exact) mass is 393 g/mol. The van der Waals surface area contributed by atoms with E-state index in [1.165, 1.54) is 24.2 Å². The maximum Gasteiger partial charge on any atom is 0.259 e. The van der Waals surface area contributed by atoms with Gasteiger partial charge in [-0.3, -0.25) is 30.1 Å². The second-order valence-corrected chi connectivity index (χ2v) is 9.57. The third-order valence-electron chi connectivity index (χ3n) is 7.38. The van der Waals surface area contributed by atoms with Crippen LogP contribution in [0.5, 0.6) is 0 Å². The van der Waals surface area contributed by atoms with Crippen molar-refractivity contribution in [1.29, 1.82) is 0 Å². The van der Waals surface area contributed by atoms with Crippen molar-refractivity contribution in [2.75, 3.05) is 6.54 Å². The first-order valence-corrected chi connectivity index (χ1v) is 10.6. The van der Waals surface area contributed by atoms with Gasteiger partial charge in [0.15, 0.2) is 0 Å². The zero-order chi connectivity index (χ0) is 20.2. The smallest absolute Gasteiger partial charge is 0.259 e. The molecule has 5 aliphatic rings. The van der Waals surface area contributed by atoms with Gasteiger partial charge in [-0.2, -0.15) is 0 Å². The number of hydrogen-bond donors (Lipinski definition) is 2. The predicted octanol–water partition coefficient (Wildman–Crippen LogP) is 2.87.